The zero-order chi connectivity index (χ0) is 9.78. The van der Waals surface area contributed by atoms with E-state index in [1.807, 2.05) is 0 Å². The number of halogens is 1. The van der Waals surface area contributed by atoms with Gasteiger partial charge >= 0.3 is 5.97 Å². The summed E-state index contributed by atoms with van der Waals surface area (Å²) in [6.45, 7) is 7.34. The second-order valence-electron chi connectivity index (χ2n) is 3.30. The molecule has 0 atom stereocenters. The second-order valence-corrected chi connectivity index (χ2v) is 3.30. The van der Waals surface area contributed by atoms with Crippen LogP contribution in [0, 0.1) is 0 Å². The minimum atomic E-state index is -0.924. The van der Waals surface area contributed by atoms with E-state index in [-0.39, 0.29) is 5.57 Å². The van der Waals surface area contributed by atoms with Crippen molar-refractivity contribution in [2.45, 2.75) is 26.4 Å². The Labute approximate surface area is 71.1 Å². The van der Waals surface area contributed by atoms with Crippen LogP contribution in [0.3, 0.4) is 0 Å². The van der Waals surface area contributed by atoms with Crippen molar-refractivity contribution in [2.75, 3.05) is 6.67 Å². The average molecular weight is 176 g/mol. The maximum absolute atomic E-state index is 11.8. The van der Waals surface area contributed by atoms with E-state index < -0.39 is 18.2 Å². The van der Waals surface area contributed by atoms with Crippen LogP contribution in [0.25, 0.3) is 0 Å². The van der Waals surface area contributed by atoms with Gasteiger partial charge in [0.1, 0.15) is 12.3 Å². The molecule has 0 bridgehead atoms. The maximum Gasteiger partial charge on any atom is 0.371 e. The Hall–Kier alpha value is -0.900. The molecule has 0 aliphatic heterocycles. The van der Waals surface area contributed by atoms with Gasteiger partial charge in [0.05, 0.1) is 5.57 Å². The van der Waals surface area contributed by atoms with E-state index in [9.17, 15) is 9.18 Å². The van der Waals surface area contributed by atoms with Crippen LogP contribution in [0.4, 0.5) is 4.39 Å². The molecule has 0 aromatic carbocycles. The fraction of sp³-hybridized carbons (Fsp3) is 0.625. The lowest BCUT2D eigenvalue weighted by Crippen LogP contribution is -2.22. The van der Waals surface area contributed by atoms with Crippen molar-refractivity contribution in [3.05, 3.63) is 12.2 Å². The summed E-state index contributed by atoms with van der Waals surface area (Å²) >= 11 is 0. The van der Waals surface area contributed by atoms with E-state index in [0.29, 0.717) is 0 Å². The van der Waals surface area contributed by atoms with Gasteiger partial charge in [-0.1, -0.05) is 6.58 Å². The number of carbonyl (C=O) groups is 1. The molecule has 0 radical (unpaired) electrons. The van der Waals surface area contributed by atoms with E-state index >= 15 is 0 Å². The molecular formula is C8H13FO3. The number of hydrogen-bond acceptors (Lipinski definition) is 3. The molecule has 0 saturated heterocycles. The van der Waals surface area contributed by atoms with Crippen molar-refractivity contribution < 1.29 is 19.0 Å². The van der Waals surface area contributed by atoms with Crippen LogP contribution in [-0.4, -0.2) is 18.2 Å². The molecule has 0 aromatic heterocycles. The van der Waals surface area contributed by atoms with Crippen molar-refractivity contribution in [1.82, 2.24) is 0 Å². The smallest absolute Gasteiger partial charge is 0.293 e. The number of rotatable bonds is 3. The lowest BCUT2D eigenvalue weighted by atomic mass is 10.2. The summed E-state index contributed by atoms with van der Waals surface area (Å²) in [6.07, 6.45) is 0. The Bertz CT molecular complexity index is 181. The van der Waals surface area contributed by atoms with Crippen LogP contribution in [0.5, 0.6) is 0 Å². The predicted molar refractivity (Wildman–Crippen MR) is 42.0 cm³/mol. The molecule has 0 aliphatic rings. The van der Waals surface area contributed by atoms with Gasteiger partial charge in [0.15, 0.2) is 0 Å². The van der Waals surface area contributed by atoms with Gasteiger partial charge < -0.3 is 0 Å². The first-order valence-electron chi connectivity index (χ1n) is 3.50. The molecular weight excluding hydrogens is 163 g/mol. The molecule has 0 heterocycles. The van der Waals surface area contributed by atoms with E-state index in [1.54, 1.807) is 20.8 Å². The Balaban J connectivity index is 3.80. The maximum atomic E-state index is 11.8. The third kappa shape index (κ3) is 4.85. The van der Waals surface area contributed by atoms with E-state index in [4.69, 9.17) is 0 Å². The van der Waals surface area contributed by atoms with Gasteiger partial charge in [0.2, 0.25) is 0 Å². The molecule has 0 unspecified atom stereocenters. The van der Waals surface area contributed by atoms with Crippen molar-refractivity contribution in [3.8, 4) is 0 Å². The molecule has 0 aromatic rings. The first-order valence-corrected chi connectivity index (χ1v) is 3.50. The van der Waals surface area contributed by atoms with Gasteiger partial charge in [-0.25, -0.2) is 9.18 Å². The van der Waals surface area contributed by atoms with Gasteiger partial charge in [-0.05, 0) is 20.8 Å². The number of alkyl halides is 1. The Morgan fingerprint density at radius 1 is 1.50 bits per heavy atom. The summed E-state index contributed by atoms with van der Waals surface area (Å²) in [5.41, 5.74) is -0.842. The van der Waals surface area contributed by atoms with E-state index in [2.05, 4.69) is 16.4 Å². The topological polar surface area (TPSA) is 35.5 Å². The average Bonchev–Trinajstić information content (AvgIpc) is 1.97. The minimum Gasteiger partial charge on any atom is -0.293 e. The van der Waals surface area contributed by atoms with Crippen LogP contribution in [-0.2, 0) is 14.6 Å². The third-order valence-corrected chi connectivity index (χ3v) is 0.817. The summed E-state index contributed by atoms with van der Waals surface area (Å²) in [6, 6.07) is 0. The summed E-state index contributed by atoms with van der Waals surface area (Å²) in [7, 11) is 0. The summed E-state index contributed by atoms with van der Waals surface area (Å²) in [5.74, 6) is -0.868. The van der Waals surface area contributed by atoms with Crippen LogP contribution < -0.4 is 0 Å². The Kier molecular flexibility index (Phi) is 3.89. The largest absolute Gasteiger partial charge is 0.371 e. The Morgan fingerprint density at radius 2 is 2.00 bits per heavy atom. The zero-order valence-electron chi connectivity index (χ0n) is 7.52. The van der Waals surface area contributed by atoms with Gasteiger partial charge in [0.25, 0.3) is 0 Å². The third-order valence-electron chi connectivity index (χ3n) is 0.817. The fourth-order valence-corrected chi connectivity index (χ4v) is 0.276. The fourth-order valence-electron chi connectivity index (χ4n) is 0.276. The summed E-state index contributed by atoms with van der Waals surface area (Å²) in [5, 5.41) is 0. The SMILES string of the molecule is C=C(CF)C(=O)OOC(C)(C)C. The molecule has 0 fully saturated rings. The van der Waals surface area contributed by atoms with Crippen molar-refractivity contribution in [3.63, 3.8) is 0 Å². The highest BCUT2D eigenvalue weighted by Crippen LogP contribution is 2.08. The molecule has 0 N–H and O–H groups in total. The highest BCUT2D eigenvalue weighted by atomic mass is 19.1. The molecule has 0 amide bonds. The Morgan fingerprint density at radius 3 is 2.33 bits per heavy atom. The van der Waals surface area contributed by atoms with Crippen molar-refractivity contribution in [2.24, 2.45) is 0 Å². The second kappa shape index (κ2) is 4.21. The zero-order valence-corrected chi connectivity index (χ0v) is 7.52. The first-order chi connectivity index (χ1) is 5.37. The van der Waals surface area contributed by atoms with Gasteiger partial charge in [-0.15, -0.1) is 0 Å². The molecule has 0 aliphatic carbocycles. The van der Waals surface area contributed by atoms with Gasteiger partial charge in [-0.2, -0.15) is 4.89 Å². The number of carbonyl (C=O) groups excluding carboxylic acids is 1. The highest BCUT2D eigenvalue weighted by Gasteiger charge is 2.16. The van der Waals surface area contributed by atoms with E-state index in [1.165, 1.54) is 0 Å². The molecule has 70 valence electrons. The standard InChI is InChI=1S/C8H13FO3/c1-6(5-9)7(10)11-12-8(2,3)4/h1,5H2,2-4H3. The molecule has 0 spiro atoms. The minimum absolute atomic E-state index is 0.251. The molecule has 4 heteroatoms. The van der Waals surface area contributed by atoms with Crippen LogP contribution >= 0.6 is 0 Å². The molecule has 0 rings (SSSR count). The lowest BCUT2D eigenvalue weighted by molar-refractivity contribution is -0.317. The van der Waals surface area contributed by atoms with Crippen LogP contribution in [0.15, 0.2) is 12.2 Å². The number of hydrogen-bond donors (Lipinski definition) is 0. The van der Waals surface area contributed by atoms with Crippen LogP contribution in [0.2, 0.25) is 0 Å². The van der Waals surface area contributed by atoms with Gasteiger partial charge in [0, 0.05) is 0 Å². The molecule has 0 saturated carbocycles. The quantitative estimate of drug-likeness (QED) is 0.373. The van der Waals surface area contributed by atoms with Crippen molar-refractivity contribution in [1.29, 1.82) is 0 Å². The van der Waals surface area contributed by atoms with Crippen LogP contribution in [0.1, 0.15) is 20.8 Å². The van der Waals surface area contributed by atoms with Crippen molar-refractivity contribution >= 4 is 5.97 Å². The monoisotopic (exact) mass is 176 g/mol. The summed E-state index contributed by atoms with van der Waals surface area (Å²) in [4.78, 5) is 19.7. The lowest BCUT2D eigenvalue weighted by Gasteiger charge is -2.16. The van der Waals surface area contributed by atoms with Gasteiger partial charge in [-0.3, -0.25) is 4.89 Å². The highest BCUT2D eigenvalue weighted by molar-refractivity contribution is 5.87. The van der Waals surface area contributed by atoms with E-state index in [0.717, 1.165) is 0 Å². The summed E-state index contributed by atoms with van der Waals surface area (Å²) < 4.78 is 11.8. The first kappa shape index (κ1) is 11.1. The predicted octanol–water partition coefficient (Wildman–Crippen LogP) is 1.79. The normalized spacial score (nSPS) is 11.0. The molecule has 12 heavy (non-hydrogen) atoms. The molecule has 3 nitrogen and oxygen atoms in total.